The van der Waals surface area contributed by atoms with Crippen molar-refractivity contribution in [3.05, 3.63) is 102 Å². The van der Waals surface area contributed by atoms with E-state index >= 15 is 0 Å². The molecule has 3 rings (SSSR count). The summed E-state index contributed by atoms with van der Waals surface area (Å²) in [5, 5.41) is 0. The third-order valence-corrected chi connectivity index (χ3v) is 5.47. The van der Waals surface area contributed by atoms with Gasteiger partial charge in [-0.25, -0.2) is 0 Å². The second-order valence-electron chi connectivity index (χ2n) is 7.78. The van der Waals surface area contributed by atoms with Gasteiger partial charge in [-0.2, -0.15) is 13.2 Å². The monoisotopic (exact) mass is 439 g/mol. The quantitative estimate of drug-likeness (QED) is 0.421. The molecule has 1 unspecified atom stereocenters. The first-order chi connectivity index (χ1) is 15.1. The summed E-state index contributed by atoms with van der Waals surface area (Å²) >= 11 is 0. The second kappa shape index (κ2) is 9.30. The summed E-state index contributed by atoms with van der Waals surface area (Å²) < 4.78 is 44.2. The van der Waals surface area contributed by atoms with Gasteiger partial charge in [0.2, 0.25) is 5.91 Å². The maximum absolute atomic E-state index is 12.8. The molecule has 6 heteroatoms. The molecule has 0 bridgehead atoms. The molecule has 0 aliphatic carbocycles. The molecular formula is C26H24F3NO2. The van der Waals surface area contributed by atoms with Crippen LogP contribution in [0.3, 0.4) is 0 Å². The van der Waals surface area contributed by atoms with Gasteiger partial charge in [-0.15, -0.1) is 6.58 Å². The molecule has 0 heterocycles. The van der Waals surface area contributed by atoms with Crippen LogP contribution in [0.5, 0.6) is 5.75 Å². The molecule has 0 aliphatic heterocycles. The summed E-state index contributed by atoms with van der Waals surface area (Å²) in [4.78, 5) is 11.9. The molecule has 166 valence electrons. The molecule has 1 amide bonds. The lowest BCUT2D eigenvalue weighted by Crippen LogP contribution is -2.38. The molecule has 0 saturated heterocycles. The minimum absolute atomic E-state index is 0.285. The Morgan fingerprint density at radius 2 is 1.59 bits per heavy atom. The molecule has 1 atom stereocenters. The lowest BCUT2D eigenvalue weighted by Gasteiger charge is -2.25. The van der Waals surface area contributed by atoms with Crippen LogP contribution in [0.1, 0.15) is 30.0 Å². The number of carbonyl (C=O) groups is 1. The van der Waals surface area contributed by atoms with E-state index in [1.54, 1.807) is 25.1 Å². The maximum atomic E-state index is 12.8. The number of allylic oxidation sites excluding steroid dienone is 1. The Balaban J connectivity index is 1.70. The third kappa shape index (κ3) is 5.19. The molecule has 0 radical (unpaired) electrons. The number of nitrogens with two attached hydrogens (primary N) is 1. The van der Waals surface area contributed by atoms with Gasteiger partial charge in [0.05, 0.1) is 11.0 Å². The van der Waals surface area contributed by atoms with Gasteiger partial charge in [-0.05, 0) is 65.9 Å². The Hall–Kier alpha value is -3.54. The smallest absolute Gasteiger partial charge is 0.416 e. The van der Waals surface area contributed by atoms with Crippen LogP contribution in [0.15, 0.2) is 85.5 Å². The molecular weight excluding hydrogens is 415 g/mol. The Labute approximate surface area is 185 Å². The topological polar surface area (TPSA) is 52.3 Å². The highest BCUT2D eigenvalue weighted by Gasteiger charge is 2.32. The number of carbonyl (C=O) groups excluding carboxylic acids is 1. The van der Waals surface area contributed by atoms with E-state index in [0.717, 1.165) is 28.8 Å². The van der Waals surface area contributed by atoms with Crippen molar-refractivity contribution in [2.45, 2.75) is 31.5 Å². The predicted octanol–water partition coefficient (Wildman–Crippen LogP) is 6.27. The Kier molecular flexibility index (Phi) is 6.72. The van der Waals surface area contributed by atoms with Gasteiger partial charge >= 0.3 is 6.18 Å². The highest BCUT2D eigenvalue weighted by molar-refractivity contribution is 5.86. The van der Waals surface area contributed by atoms with Crippen LogP contribution >= 0.6 is 0 Å². The minimum atomic E-state index is -4.36. The van der Waals surface area contributed by atoms with Crippen LogP contribution in [0, 0.1) is 0 Å². The summed E-state index contributed by atoms with van der Waals surface area (Å²) in [6, 6.07) is 19.7. The van der Waals surface area contributed by atoms with Crippen molar-refractivity contribution in [2.24, 2.45) is 5.73 Å². The number of benzene rings is 3. The van der Waals surface area contributed by atoms with Crippen LogP contribution in [-0.2, 0) is 23.0 Å². The van der Waals surface area contributed by atoms with Crippen LogP contribution in [0.4, 0.5) is 13.2 Å². The number of rotatable bonds is 8. The summed E-state index contributed by atoms with van der Waals surface area (Å²) in [5.41, 5.74) is 7.22. The van der Waals surface area contributed by atoms with Crippen LogP contribution in [0.2, 0.25) is 0 Å². The molecule has 3 nitrogen and oxygen atoms in total. The predicted molar refractivity (Wildman–Crippen MR) is 119 cm³/mol. The van der Waals surface area contributed by atoms with Gasteiger partial charge < -0.3 is 10.5 Å². The zero-order valence-corrected chi connectivity index (χ0v) is 17.7. The van der Waals surface area contributed by atoms with Gasteiger partial charge in [-0.1, -0.05) is 48.5 Å². The first-order valence-electron chi connectivity index (χ1n) is 10.0. The molecule has 0 fully saturated rings. The van der Waals surface area contributed by atoms with Crippen molar-refractivity contribution >= 4 is 5.91 Å². The lowest BCUT2D eigenvalue weighted by molar-refractivity contribution is -0.137. The van der Waals surface area contributed by atoms with Crippen molar-refractivity contribution in [1.29, 1.82) is 0 Å². The Morgan fingerprint density at radius 1 is 0.969 bits per heavy atom. The molecule has 3 aromatic carbocycles. The molecule has 0 spiro atoms. The van der Waals surface area contributed by atoms with E-state index in [1.807, 2.05) is 36.4 Å². The van der Waals surface area contributed by atoms with Gasteiger partial charge in [0, 0.05) is 0 Å². The first-order valence-corrected chi connectivity index (χ1v) is 10.0. The molecule has 0 aliphatic rings. The van der Waals surface area contributed by atoms with Gasteiger partial charge in [-0.3, -0.25) is 4.79 Å². The van der Waals surface area contributed by atoms with Crippen molar-refractivity contribution < 1.29 is 22.7 Å². The normalized spacial score (nSPS) is 13.2. The maximum Gasteiger partial charge on any atom is 0.416 e. The molecule has 32 heavy (non-hydrogen) atoms. The van der Waals surface area contributed by atoms with Crippen LogP contribution < -0.4 is 10.5 Å². The van der Waals surface area contributed by atoms with E-state index in [9.17, 15) is 18.0 Å². The number of amides is 1. The van der Waals surface area contributed by atoms with Gasteiger partial charge in [0.15, 0.2) is 0 Å². The zero-order valence-electron chi connectivity index (χ0n) is 17.7. The van der Waals surface area contributed by atoms with E-state index in [2.05, 4.69) is 6.58 Å². The minimum Gasteiger partial charge on any atom is -0.489 e. The third-order valence-electron chi connectivity index (χ3n) is 5.47. The lowest BCUT2D eigenvalue weighted by atomic mass is 9.79. The average molecular weight is 439 g/mol. The van der Waals surface area contributed by atoms with E-state index in [4.69, 9.17) is 10.5 Å². The highest BCUT2D eigenvalue weighted by atomic mass is 19.4. The van der Waals surface area contributed by atoms with Crippen molar-refractivity contribution in [3.8, 4) is 16.9 Å². The fraction of sp³-hybridized carbons (Fsp3) is 0.192. The number of ether oxygens (including phenoxy) is 1. The Bertz CT molecular complexity index is 1090. The van der Waals surface area contributed by atoms with E-state index in [1.165, 1.54) is 12.1 Å². The number of hydrogen-bond acceptors (Lipinski definition) is 2. The second-order valence-corrected chi connectivity index (χ2v) is 7.78. The van der Waals surface area contributed by atoms with E-state index in [0.29, 0.717) is 17.7 Å². The van der Waals surface area contributed by atoms with Gasteiger partial charge in [0.1, 0.15) is 12.4 Å². The fourth-order valence-corrected chi connectivity index (χ4v) is 3.43. The first kappa shape index (κ1) is 23.1. The summed E-state index contributed by atoms with van der Waals surface area (Å²) in [6.07, 6.45) is -2.26. The molecule has 3 aromatic rings. The number of hydrogen-bond donors (Lipinski definition) is 1. The summed E-state index contributed by atoms with van der Waals surface area (Å²) in [5.74, 6) is 0.199. The number of alkyl halides is 3. The van der Waals surface area contributed by atoms with Crippen molar-refractivity contribution in [1.82, 2.24) is 0 Å². The molecule has 0 aromatic heterocycles. The van der Waals surface area contributed by atoms with E-state index < -0.39 is 23.1 Å². The van der Waals surface area contributed by atoms with Crippen LogP contribution in [-0.4, -0.2) is 5.91 Å². The summed E-state index contributed by atoms with van der Waals surface area (Å²) in [6.45, 7) is 5.76. The van der Waals surface area contributed by atoms with Crippen molar-refractivity contribution in [2.75, 3.05) is 0 Å². The average Bonchev–Trinajstić information content (AvgIpc) is 2.78. The van der Waals surface area contributed by atoms with Crippen LogP contribution in [0.25, 0.3) is 11.1 Å². The SMILES string of the molecule is C=CCC(C)(C(N)=O)c1ccc(OCc2cccc(-c3ccc(C(F)(F)F)cc3)c2)cc1. The zero-order chi connectivity index (χ0) is 23.4. The molecule has 2 N–H and O–H groups in total. The molecule has 0 saturated carbocycles. The standard InChI is InChI=1S/C26H24F3NO2/c1-3-15-25(2,24(30)31)21-11-13-23(14-12-21)32-17-18-5-4-6-20(16-18)19-7-9-22(10-8-19)26(27,28)29/h3-14,16H,1,15,17H2,2H3,(H2,30,31). The number of primary amides is 1. The van der Waals surface area contributed by atoms with Gasteiger partial charge in [0.25, 0.3) is 0 Å². The largest absolute Gasteiger partial charge is 0.489 e. The number of halogens is 3. The summed E-state index contributed by atoms with van der Waals surface area (Å²) in [7, 11) is 0. The Morgan fingerprint density at radius 3 is 2.16 bits per heavy atom. The fourth-order valence-electron chi connectivity index (χ4n) is 3.43. The van der Waals surface area contributed by atoms with E-state index in [-0.39, 0.29) is 6.61 Å². The highest BCUT2D eigenvalue weighted by Crippen LogP contribution is 2.32. The van der Waals surface area contributed by atoms with Crippen molar-refractivity contribution in [3.63, 3.8) is 0 Å².